The molecule has 0 aliphatic heterocycles. The summed E-state index contributed by atoms with van der Waals surface area (Å²) in [6, 6.07) is 5.85. The van der Waals surface area contributed by atoms with Crippen LogP contribution in [-0.4, -0.2) is 0 Å². The van der Waals surface area contributed by atoms with Gasteiger partial charge >= 0.3 is 0 Å². The SMILES string of the molecule is CCCCCC[CH]Cc1ccc(Cl)c(Cl)c1. The topological polar surface area (TPSA) is 0 Å². The molecule has 0 bridgehead atoms. The van der Waals surface area contributed by atoms with Gasteiger partial charge in [-0.25, -0.2) is 0 Å². The number of benzene rings is 1. The number of rotatable bonds is 7. The molecule has 0 spiro atoms. The van der Waals surface area contributed by atoms with Gasteiger partial charge in [0.1, 0.15) is 0 Å². The molecule has 0 aromatic heterocycles. The van der Waals surface area contributed by atoms with Crippen LogP contribution in [0.15, 0.2) is 18.2 Å². The third kappa shape index (κ3) is 5.23. The average molecular weight is 258 g/mol. The fourth-order valence-corrected chi connectivity index (χ4v) is 1.97. The van der Waals surface area contributed by atoms with Crippen molar-refractivity contribution in [1.82, 2.24) is 0 Å². The third-order valence-electron chi connectivity index (χ3n) is 2.63. The van der Waals surface area contributed by atoms with Crippen LogP contribution in [0, 0.1) is 6.42 Å². The number of hydrogen-bond acceptors (Lipinski definition) is 0. The van der Waals surface area contributed by atoms with Crippen LogP contribution in [0.25, 0.3) is 0 Å². The summed E-state index contributed by atoms with van der Waals surface area (Å²) in [5.41, 5.74) is 1.24. The van der Waals surface area contributed by atoms with Crippen LogP contribution in [0.3, 0.4) is 0 Å². The molecule has 0 atom stereocenters. The summed E-state index contributed by atoms with van der Waals surface area (Å²) in [7, 11) is 0. The highest BCUT2D eigenvalue weighted by molar-refractivity contribution is 6.42. The van der Waals surface area contributed by atoms with E-state index < -0.39 is 0 Å². The van der Waals surface area contributed by atoms with Crippen molar-refractivity contribution in [2.24, 2.45) is 0 Å². The Hall–Kier alpha value is -0.200. The molecule has 0 saturated heterocycles. The monoisotopic (exact) mass is 257 g/mol. The molecule has 0 amide bonds. The summed E-state index contributed by atoms with van der Waals surface area (Å²) >= 11 is 11.8. The van der Waals surface area contributed by atoms with Crippen LogP contribution in [0.4, 0.5) is 0 Å². The fraction of sp³-hybridized carbons (Fsp3) is 0.500. The van der Waals surface area contributed by atoms with Crippen molar-refractivity contribution in [3.63, 3.8) is 0 Å². The van der Waals surface area contributed by atoms with E-state index in [4.69, 9.17) is 23.2 Å². The zero-order chi connectivity index (χ0) is 11.8. The minimum Gasteiger partial charge on any atom is -0.0827 e. The second-order valence-corrected chi connectivity index (χ2v) is 4.90. The number of unbranched alkanes of at least 4 members (excludes halogenated alkanes) is 5. The minimum absolute atomic E-state index is 0.633. The lowest BCUT2D eigenvalue weighted by molar-refractivity contribution is 0.657. The molecule has 89 valence electrons. The summed E-state index contributed by atoms with van der Waals surface area (Å²) in [4.78, 5) is 0. The molecule has 1 aromatic rings. The molecule has 1 radical (unpaired) electrons. The maximum absolute atomic E-state index is 5.95. The average Bonchev–Trinajstić information content (AvgIpc) is 2.28. The van der Waals surface area contributed by atoms with Gasteiger partial charge in [0.05, 0.1) is 10.0 Å². The fourth-order valence-electron chi connectivity index (χ4n) is 1.65. The molecular weight excluding hydrogens is 239 g/mol. The lowest BCUT2D eigenvalue weighted by atomic mass is 10.1. The van der Waals surface area contributed by atoms with Gasteiger partial charge in [0.2, 0.25) is 0 Å². The van der Waals surface area contributed by atoms with Gasteiger partial charge in [-0.3, -0.25) is 0 Å². The van der Waals surface area contributed by atoms with Crippen LogP contribution in [-0.2, 0) is 6.42 Å². The first kappa shape index (κ1) is 13.9. The molecule has 0 aliphatic rings. The van der Waals surface area contributed by atoms with Gasteiger partial charge in [0, 0.05) is 0 Å². The van der Waals surface area contributed by atoms with Crippen molar-refractivity contribution in [3.05, 3.63) is 40.2 Å². The smallest absolute Gasteiger partial charge is 0.0595 e. The highest BCUT2D eigenvalue weighted by Crippen LogP contribution is 2.23. The van der Waals surface area contributed by atoms with E-state index in [0.29, 0.717) is 10.0 Å². The molecule has 16 heavy (non-hydrogen) atoms. The Morgan fingerprint density at radius 3 is 2.56 bits per heavy atom. The Morgan fingerprint density at radius 2 is 1.88 bits per heavy atom. The minimum atomic E-state index is 0.633. The molecule has 0 fully saturated rings. The van der Waals surface area contributed by atoms with E-state index in [1.165, 1.54) is 37.7 Å². The number of halogens is 2. The van der Waals surface area contributed by atoms with Gasteiger partial charge in [-0.05, 0) is 37.0 Å². The first-order valence-corrected chi connectivity index (χ1v) is 6.75. The van der Waals surface area contributed by atoms with Crippen LogP contribution in [0.5, 0.6) is 0 Å². The van der Waals surface area contributed by atoms with Crippen molar-refractivity contribution in [2.75, 3.05) is 0 Å². The van der Waals surface area contributed by atoms with Gasteiger partial charge in [-0.1, -0.05) is 61.9 Å². The second kappa shape index (κ2) is 7.97. The van der Waals surface area contributed by atoms with Crippen LogP contribution < -0.4 is 0 Å². The zero-order valence-electron chi connectivity index (χ0n) is 9.81. The zero-order valence-corrected chi connectivity index (χ0v) is 11.3. The quantitative estimate of drug-likeness (QED) is 0.549. The number of hydrogen-bond donors (Lipinski definition) is 0. The van der Waals surface area contributed by atoms with E-state index in [-0.39, 0.29) is 0 Å². The van der Waals surface area contributed by atoms with Gasteiger partial charge in [0.25, 0.3) is 0 Å². The molecule has 2 heteroatoms. The molecule has 1 aromatic carbocycles. The lowest BCUT2D eigenvalue weighted by Gasteiger charge is -2.03. The molecule has 1 rings (SSSR count). The molecule has 0 N–H and O–H groups in total. The van der Waals surface area contributed by atoms with Gasteiger partial charge in [0.15, 0.2) is 0 Å². The van der Waals surface area contributed by atoms with Gasteiger partial charge < -0.3 is 0 Å². The predicted octanol–water partition coefficient (Wildman–Crippen LogP) is 5.71. The molecule has 0 saturated carbocycles. The van der Waals surface area contributed by atoms with E-state index in [1.807, 2.05) is 18.2 Å². The van der Waals surface area contributed by atoms with E-state index in [2.05, 4.69) is 13.3 Å². The second-order valence-electron chi connectivity index (χ2n) is 4.09. The highest BCUT2D eigenvalue weighted by Gasteiger charge is 1.99. The lowest BCUT2D eigenvalue weighted by Crippen LogP contribution is -1.87. The summed E-state index contributed by atoms with van der Waals surface area (Å²) in [5.74, 6) is 0. The van der Waals surface area contributed by atoms with Crippen molar-refractivity contribution < 1.29 is 0 Å². The summed E-state index contributed by atoms with van der Waals surface area (Å²) in [5, 5.41) is 1.28. The van der Waals surface area contributed by atoms with Crippen LogP contribution >= 0.6 is 23.2 Å². The van der Waals surface area contributed by atoms with Crippen molar-refractivity contribution in [3.8, 4) is 0 Å². The van der Waals surface area contributed by atoms with Gasteiger partial charge in [-0.2, -0.15) is 0 Å². The van der Waals surface area contributed by atoms with Crippen LogP contribution in [0.2, 0.25) is 10.0 Å². The van der Waals surface area contributed by atoms with E-state index in [9.17, 15) is 0 Å². The maximum atomic E-state index is 5.95. The molecule has 0 nitrogen and oxygen atoms in total. The Labute approximate surface area is 109 Å². The Bertz CT molecular complexity index is 308. The highest BCUT2D eigenvalue weighted by atomic mass is 35.5. The molecule has 0 aliphatic carbocycles. The summed E-state index contributed by atoms with van der Waals surface area (Å²) < 4.78 is 0. The molecular formula is C14H19Cl2. The summed E-state index contributed by atoms with van der Waals surface area (Å²) in [6.45, 7) is 2.24. The van der Waals surface area contributed by atoms with Crippen LogP contribution in [0.1, 0.15) is 44.6 Å². The predicted molar refractivity (Wildman–Crippen MR) is 73.2 cm³/mol. The Morgan fingerprint density at radius 1 is 1.06 bits per heavy atom. The van der Waals surface area contributed by atoms with E-state index in [0.717, 1.165) is 6.42 Å². The Balaban J connectivity index is 2.19. The maximum Gasteiger partial charge on any atom is 0.0595 e. The largest absolute Gasteiger partial charge is 0.0827 e. The van der Waals surface area contributed by atoms with Crippen molar-refractivity contribution in [1.29, 1.82) is 0 Å². The standard InChI is InChI=1S/C14H19Cl2/c1-2-3-4-5-6-7-8-12-9-10-13(15)14(16)11-12/h7,9-11H,2-6,8H2,1H3. The normalized spacial score (nSPS) is 10.7. The van der Waals surface area contributed by atoms with Crippen molar-refractivity contribution >= 4 is 23.2 Å². The van der Waals surface area contributed by atoms with Gasteiger partial charge in [-0.15, -0.1) is 0 Å². The molecule has 0 heterocycles. The third-order valence-corrected chi connectivity index (χ3v) is 3.36. The van der Waals surface area contributed by atoms with E-state index >= 15 is 0 Å². The first-order chi connectivity index (χ1) is 7.74. The first-order valence-electron chi connectivity index (χ1n) is 5.99. The van der Waals surface area contributed by atoms with E-state index in [1.54, 1.807) is 0 Å². The Kier molecular flexibility index (Phi) is 6.91. The summed E-state index contributed by atoms with van der Waals surface area (Å²) in [6.07, 6.45) is 9.80. The van der Waals surface area contributed by atoms with Crippen molar-refractivity contribution in [2.45, 2.75) is 45.4 Å². The molecule has 0 unspecified atom stereocenters.